The molecule has 2 heterocycles. The quantitative estimate of drug-likeness (QED) is 0.867. The van der Waals surface area contributed by atoms with E-state index in [0.717, 1.165) is 25.9 Å². The topological polar surface area (TPSA) is 51.2 Å². The Bertz CT molecular complexity index is 392. The first-order chi connectivity index (χ1) is 8.25. The molecule has 4 nitrogen and oxygen atoms in total. The Labute approximate surface area is 109 Å². The molecule has 1 unspecified atom stereocenters. The molecular weight excluding hydrogens is 284 g/mol. The Morgan fingerprint density at radius 3 is 3.24 bits per heavy atom. The van der Waals surface area contributed by atoms with E-state index in [9.17, 15) is 4.79 Å². The lowest BCUT2D eigenvalue weighted by Crippen LogP contribution is -2.27. The molecular formula is C12H15BrN2O2. The van der Waals surface area contributed by atoms with Crippen molar-refractivity contribution in [2.24, 2.45) is 0 Å². The molecule has 1 atom stereocenters. The van der Waals surface area contributed by atoms with E-state index >= 15 is 0 Å². The van der Waals surface area contributed by atoms with Gasteiger partial charge in [0.05, 0.1) is 6.10 Å². The fourth-order valence-corrected chi connectivity index (χ4v) is 2.23. The number of pyridine rings is 1. The Balaban J connectivity index is 1.77. The van der Waals surface area contributed by atoms with Crippen LogP contribution in [0.15, 0.2) is 22.9 Å². The first kappa shape index (κ1) is 12.5. The van der Waals surface area contributed by atoms with Gasteiger partial charge in [-0.3, -0.25) is 4.79 Å². The third-order valence-electron chi connectivity index (χ3n) is 2.76. The Hall–Kier alpha value is -0.940. The van der Waals surface area contributed by atoms with Crippen LogP contribution in [0, 0.1) is 0 Å². The highest BCUT2D eigenvalue weighted by Gasteiger charge is 2.15. The molecule has 1 aromatic rings. The second-order valence-electron chi connectivity index (χ2n) is 4.05. The number of halogens is 1. The summed E-state index contributed by atoms with van der Waals surface area (Å²) in [5, 5.41) is 2.89. The van der Waals surface area contributed by atoms with Gasteiger partial charge < -0.3 is 10.1 Å². The van der Waals surface area contributed by atoms with Gasteiger partial charge in [0.15, 0.2) is 0 Å². The van der Waals surface area contributed by atoms with Crippen molar-refractivity contribution >= 4 is 21.8 Å². The Morgan fingerprint density at radius 2 is 2.53 bits per heavy atom. The van der Waals surface area contributed by atoms with Crippen LogP contribution in [-0.2, 0) is 4.74 Å². The molecule has 0 spiro atoms. The summed E-state index contributed by atoms with van der Waals surface area (Å²) < 4.78 is 6.16. The lowest BCUT2D eigenvalue weighted by atomic mass is 10.2. The van der Waals surface area contributed by atoms with E-state index in [-0.39, 0.29) is 5.91 Å². The number of hydrogen-bond acceptors (Lipinski definition) is 3. The van der Waals surface area contributed by atoms with Gasteiger partial charge in [-0.1, -0.05) is 0 Å². The molecule has 1 saturated heterocycles. The van der Waals surface area contributed by atoms with Crippen molar-refractivity contribution in [1.29, 1.82) is 0 Å². The number of aromatic nitrogens is 1. The molecule has 1 N–H and O–H groups in total. The lowest BCUT2D eigenvalue weighted by molar-refractivity contribution is 0.0907. The number of nitrogens with zero attached hydrogens (tertiary/aromatic N) is 1. The van der Waals surface area contributed by atoms with Crippen molar-refractivity contribution in [3.05, 3.63) is 28.5 Å². The van der Waals surface area contributed by atoms with Gasteiger partial charge in [0, 0.05) is 24.9 Å². The summed E-state index contributed by atoms with van der Waals surface area (Å²) in [5.41, 5.74) is 0.624. The summed E-state index contributed by atoms with van der Waals surface area (Å²) in [4.78, 5) is 15.8. The van der Waals surface area contributed by atoms with Crippen LogP contribution in [-0.4, -0.2) is 30.1 Å². The fourth-order valence-electron chi connectivity index (χ4n) is 1.86. The van der Waals surface area contributed by atoms with E-state index < -0.39 is 0 Å². The van der Waals surface area contributed by atoms with Gasteiger partial charge in [0.2, 0.25) is 0 Å². The van der Waals surface area contributed by atoms with Crippen LogP contribution in [0.2, 0.25) is 0 Å². The van der Waals surface area contributed by atoms with Crippen LogP contribution in [0.4, 0.5) is 0 Å². The molecule has 92 valence electrons. The third-order valence-corrected chi connectivity index (χ3v) is 3.20. The summed E-state index contributed by atoms with van der Waals surface area (Å²) in [5.74, 6) is -0.0638. The second kappa shape index (κ2) is 6.12. The Morgan fingerprint density at radius 1 is 1.65 bits per heavy atom. The maximum absolute atomic E-state index is 11.8. The van der Waals surface area contributed by atoms with E-state index in [1.807, 2.05) is 0 Å². The molecule has 2 rings (SSSR count). The smallest absolute Gasteiger partial charge is 0.251 e. The minimum Gasteiger partial charge on any atom is -0.378 e. The summed E-state index contributed by atoms with van der Waals surface area (Å²) in [6, 6.07) is 3.41. The van der Waals surface area contributed by atoms with E-state index in [1.165, 1.54) is 0 Å². The molecule has 17 heavy (non-hydrogen) atoms. The average molecular weight is 299 g/mol. The zero-order valence-electron chi connectivity index (χ0n) is 9.49. The van der Waals surface area contributed by atoms with Crippen molar-refractivity contribution < 1.29 is 9.53 Å². The monoisotopic (exact) mass is 298 g/mol. The van der Waals surface area contributed by atoms with Crippen LogP contribution in [0.1, 0.15) is 29.6 Å². The molecule has 0 bridgehead atoms. The fraction of sp³-hybridized carbons (Fsp3) is 0.500. The van der Waals surface area contributed by atoms with Crippen molar-refractivity contribution in [3.8, 4) is 0 Å². The van der Waals surface area contributed by atoms with Crippen LogP contribution < -0.4 is 5.32 Å². The molecule has 0 aromatic carbocycles. The number of amides is 1. The zero-order chi connectivity index (χ0) is 12.1. The molecule has 0 saturated carbocycles. The molecule has 1 aliphatic heterocycles. The highest BCUT2D eigenvalue weighted by Crippen LogP contribution is 2.14. The first-order valence-electron chi connectivity index (χ1n) is 5.77. The standard InChI is InChI=1S/C12H15BrN2O2/c13-11-8-9(3-5-14-11)12(16)15-6-4-10-2-1-7-17-10/h3,5,8,10H,1-2,4,6-7H2,(H,15,16). The highest BCUT2D eigenvalue weighted by molar-refractivity contribution is 9.10. The average Bonchev–Trinajstić information content (AvgIpc) is 2.82. The lowest BCUT2D eigenvalue weighted by Gasteiger charge is -2.10. The van der Waals surface area contributed by atoms with Gasteiger partial charge in [0.25, 0.3) is 5.91 Å². The van der Waals surface area contributed by atoms with Crippen LogP contribution in [0.5, 0.6) is 0 Å². The zero-order valence-corrected chi connectivity index (χ0v) is 11.1. The van der Waals surface area contributed by atoms with Gasteiger partial charge in [-0.2, -0.15) is 0 Å². The number of carbonyl (C=O) groups is 1. The van der Waals surface area contributed by atoms with Crippen molar-refractivity contribution in [1.82, 2.24) is 10.3 Å². The number of hydrogen-bond donors (Lipinski definition) is 1. The van der Waals surface area contributed by atoms with Crippen LogP contribution >= 0.6 is 15.9 Å². The second-order valence-corrected chi connectivity index (χ2v) is 4.86. The molecule has 5 heteroatoms. The molecule has 1 amide bonds. The molecule has 1 aliphatic rings. The molecule has 1 fully saturated rings. The SMILES string of the molecule is O=C(NCCC1CCCO1)c1ccnc(Br)c1. The summed E-state index contributed by atoms with van der Waals surface area (Å²) in [6.07, 6.45) is 5.06. The van der Waals surface area contributed by atoms with Crippen LogP contribution in [0.3, 0.4) is 0 Å². The van der Waals surface area contributed by atoms with E-state index in [1.54, 1.807) is 18.3 Å². The number of ether oxygens (including phenoxy) is 1. The highest BCUT2D eigenvalue weighted by atomic mass is 79.9. The number of carbonyl (C=O) groups excluding carboxylic acids is 1. The van der Waals surface area contributed by atoms with E-state index in [4.69, 9.17) is 4.74 Å². The Kier molecular flexibility index (Phi) is 4.50. The van der Waals surface area contributed by atoms with Gasteiger partial charge in [-0.05, 0) is 47.3 Å². The predicted octanol–water partition coefficient (Wildman–Crippen LogP) is 2.14. The van der Waals surface area contributed by atoms with Crippen molar-refractivity contribution in [3.63, 3.8) is 0 Å². The third kappa shape index (κ3) is 3.78. The minimum absolute atomic E-state index is 0.0638. The largest absolute Gasteiger partial charge is 0.378 e. The van der Waals surface area contributed by atoms with Gasteiger partial charge in [0.1, 0.15) is 4.60 Å². The van der Waals surface area contributed by atoms with Crippen molar-refractivity contribution in [2.45, 2.75) is 25.4 Å². The maximum Gasteiger partial charge on any atom is 0.251 e. The number of nitrogens with one attached hydrogen (secondary N) is 1. The van der Waals surface area contributed by atoms with Gasteiger partial charge >= 0.3 is 0 Å². The molecule has 0 aliphatic carbocycles. The van der Waals surface area contributed by atoms with E-state index in [2.05, 4.69) is 26.2 Å². The summed E-state index contributed by atoms with van der Waals surface area (Å²) in [6.45, 7) is 1.51. The number of rotatable bonds is 4. The maximum atomic E-state index is 11.8. The van der Waals surface area contributed by atoms with Crippen molar-refractivity contribution in [2.75, 3.05) is 13.2 Å². The molecule has 1 aromatic heterocycles. The van der Waals surface area contributed by atoms with Gasteiger partial charge in [-0.25, -0.2) is 4.98 Å². The summed E-state index contributed by atoms with van der Waals surface area (Å²) in [7, 11) is 0. The van der Waals surface area contributed by atoms with E-state index in [0.29, 0.717) is 22.8 Å². The van der Waals surface area contributed by atoms with Gasteiger partial charge in [-0.15, -0.1) is 0 Å². The first-order valence-corrected chi connectivity index (χ1v) is 6.56. The normalized spacial score (nSPS) is 19.2. The molecule has 0 radical (unpaired) electrons. The summed E-state index contributed by atoms with van der Waals surface area (Å²) >= 11 is 3.24. The van der Waals surface area contributed by atoms with Crippen LogP contribution in [0.25, 0.3) is 0 Å². The minimum atomic E-state index is -0.0638. The predicted molar refractivity (Wildman–Crippen MR) is 67.9 cm³/mol.